The number of carbonyl (C=O) groups excluding carboxylic acids is 2. The Bertz CT molecular complexity index is 617. The predicted molar refractivity (Wildman–Crippen MR) is 65.0 cm³/mol. The van der Waals surface area contributed by atoms with Crippen molar-refractivity contribution in [2.45, 2.75) is 18.9 Å². The Morgan fingerprint density at radius 2 is 1.95 bits per heavy atom. The van der Waals surface area contributed by atoms with E-state index in [0.29, 0.717) is 0 Å². The summed E-state index contributed by atoms with van der Waals surface area (Å²) in [6, 6.07) is -0.554. The van der Waals surface area contributed by atoms with E-state index in [4.69, 9.17) is 10.8 Å². The van der Waals surface area contributed by atoms with Crippen LogP contribution in [0.5, 0.6) is 0 Å². The lowest BCUT2D eigenvalue weighted by Crippen LogP contribution is -2.42. The summed E-state index contributed by atoms with van der Waals surface area (Å²) in [6.07, 6.45) is -0.438. The van der Waals surface area contributed by atoms with Gasteiger partial charge >= 0.3 is 11.7 Å². The van der Waals surface area contributed by atoms with Crippen LogP contribution in [0.3, 0.4) is 0 Å². The number of aliphatic carboxylic acids is 1. The molecule has 0 fully saturated rings. The fourth-order valence-corrected chi connectivity index (χ4v) is 1.37. The Labute approximate surface area is 111 Å². The molecule has 0 bridgehead atoms. The lowest BCUT2D eigenvalue weighted by Gasteiger charge is -2.13. The van der Waals surface area contributed by atoms with Crippen molar-refractivity contribution in [3.63, 3.8) is 0 Å². The van der Waals surface area contributed by atoms with Crippen molar-refractivity contribution in [1.82, 2.24) is 15.3 Å². The molecule has 0 spiro atoms. The number of rotatable bonds is 6. The van der Waals surface area contributed by atoms with E-state index in [1.165, 1.54) is 0 Å². The van der Waals surface area contributed by atoms with Gasteiger partial charge in [0.2, 0.25) is 5.91 Å². The minimum Gasteiger partial charge on any atom is -0.480 e. The van der Waals surface area contributed by atoms with Crippen LogP contribution >= 0.6 is 0 Å². The number of carboxylic acid groups (broad SMARTS) is 1. The summed E-state index contributed by atoms with van der Waals surface area (Å²) in [5.41, 5.74) is 2.80. The third-order valence-electron chi connectivity index (χ3n) is 2.29. The lowest BCUT2D eigenvalue weighted by molar-refractivity contribution is -0.139. The van der Waals surface area contributed by atoms with Crippen molar-refractivity contribution in [3.8, 4) is 0 Å². The van der Waals surface area contributed by atoms with Crippen molar-refractivity contribution < 1.29 is 19.5 Å². The van der Waals surface area contributed by atoms with Crippen molar-refractivity contribution in [3.05, 3.63) is 32.6 Å². The van der Waals surface area contributed by atoms with E-state index in [0.717, 1.165) is 6.07 Å². The quantitative estimate of drug-likeness (QED) is 0.386. The minimum absolute atomic E-state index is 0.205. The highest BCUT2D eigenvalue weighted by Crippen LogP contribution is 1.99. The molecule has 1 aromatic rings. The number of amides is 2. The van der Waals surface area contributed by atoms with Gasteiger partial charge < -0.3 is 21.1 Å². The molecule has 1 rings (SSSR count). The predicted octanol–water partition coefficient (Wildman–Crippen LogP) is -2.49. The van der Waals surface area contributed by atoms with Crippen LogP contribution in [0.25, 0.3) is 0 Å². The number of carboxylic acids is 1. The topological polar surface area (TPSA) is 175 Å². The van der Waals surface area contributed by atoms with Gasteiger partial charge in [0, 0.05) is 12.5 Å². The van der Waals surface area contributed by atoms with E-state index < -0.39 is 35.1 Å². The molecule has 10 heteroatoms. The van der Waals surface area contributed by atoms with Crippen LogP contribution in [0.15, 0.2) is 15.7 Å². The second kappa shape index (κ2) is 6.31. The Morgan fingerprint density at radius 3 is 2.45 bits per heavy atom. The Hall–Kier alpha value is -2.91. The molecule has 2 amide bonds. The standard InChI is InChI=1S/C10H12N4O6/c11-6(15)2-1-4(9(18)19)12-8(17)5-3-7(16)14-10(20)13-5/h3-4H,1-2H2,(H2,11,15)(H,12,17)(H,18,19)(H2,13,14,16,20). The van der Waals surface area contributed by atoms with Gasteiger partial charge in [0.25, 0.3) is 11.5 Å². The fourth-order valence-electron chi connectivity index (χ4n) is 1.37. The first-order chi connectivity index (χ1) is 9.29. The van der Waals surface area contributed by atoms with E-state index in [-0.39, 0.29) is 18.5 Å². The number of aromatic nitrogens is 2. The number of H-pyrrole nitrogens is 2. The number of nitrogens with two attached hydrogens (primary N) is 1. The Kier molecular flexibility index (Phi) is 4.78. The van der Waals surface area contributed by atoms with Gasteiger partial charge in [-0.2, -0.15) is 0 Å². The van der Waals surface area contributed by atoms with Crippen LogP contribution in [0.2, 0.25) is 0 Å². The van der Waals surface area contributed by atoms with Crippen LogP contribution < -0.4 is 22.3 Å². The Morgan fingerprint density at radius 1 is 1.30 bits per heavy atom. The summed E-state index contributed by atoms with van der Waals surface area (Å²) in [6.45, 7) is 0. The number of hydrogen-bond acceptors (Lipinski definition) is 5. The summed E-state index contributed by atoms with van der Waals surface area (Å²) in [5.74, 6) is -3.04. The molecule has 108 valence electrons. The number of hydrogen-bond donors (Lipinski definition) is 5. The van der Waals surface area contributed by atoms with Crippen molar-refractivity contribution in [2.24, 2.45) is 5.73 Å². The third kappa shape index (κ3) is 4.40. The molecular weight excluding hydrogens is 272 g/mol. The number of carbonyl (C=O) groups is 3. The van der Waals surface area contributed by atoms with Gasteiger partial charge in [0.05, 0.1) is 0 Å². The van der Waals surface area contributed by atoms with E-state index in [2.05, 4.69) is 5.32 Å². The molecule has 6 N–H and O–H groups in total. The summed E-state index contributed by atoms with van der Waals surface area (Å²) >= 11 is 0. The second-order valence-electron chi connectivity index (χ2n) is 3.87. The lowest BCUT2D eigenvalue weighted by atomic mass is 10.1. The second-order valence-corrected chi connectivity index (χ2v) is 3.87. The molecule has 0 radical (unpaired) electrons. The van der Waals surface area contributed by atoms with E-state index >= 15 is 0 Å². The molecule has 0 aromatic carbocycles. The third-order valence-corrected chi connectivity index (χ3v) is 2.29. The highest BCUT2D eigenvalue weighted by atomic mass is 16.4. The zero-order valence-electron chi connectivity index (χ0n) is 10.1. The zero-order chi connectivity index (χ0) is 15.3. The van der Waals surface area contributed by atoms with Crippen LogP contribution in [0.4, 0.5) is 0 Å². The van der Waals surface area contributed by atoms with E-state index in [9.17, 15) is 24.0 Å². The highest BCUT2D eigenvalue weighted by Gasteiger charge is 2.21. The molecule has 10 nitrogen and oxygen atoms in total. The average Bonchev–Trinajstić information content (AvgIpc) is 2.32. The maximum atomic E-state index is 11.7. The summed E-state index contributed by atoms with van der Waals surface area (Å²) in [5, 5.41) is 11.0. The molecule has 20 heavy (non-hydrogen) atoms. The number of nitrogens with one attached hydrogen (secondary N) is 3. The van der Waals surface area contributed by atoms with Crippen LogP contribution in [-0.2, 0) is 9.59 Å². The maximum Gasteiger partial charge on any atom is 0.326 e. The molecule has 0 aliphatic carbocycles. The summed E-state index contributed by atoms with van der Waals surface area (Å²) < 4.78 is 0. The number of primary amides is 1. The molecular formula is C10H12N4O6. The first-order valence-corrected chi connectivity index (χ1v) is 5.45. The normalized spacial score (nSPS) is 11.6. The van der Waals surface area contributed by atoms with Crippen molar-refractivity contribution in [2.75, 3.05) is 0 Å². The van der Waals surface area contributed by atoms with Gasteiger partial charge in [0.15, 0.2) is 0 Å². The summed E-state index contributed by atoms with van der Waals surface area (Å²) in [7, 11) is 0. The SMILES string of the molecule is NC(=O)CCC(NC(=O)c1cc(=O)[nH]c(=O)[nH]1)C(=O)O. The van der Waals surface area contributed by atoms with E-state index in [1.807, 2.05) is 9.97 Å². The van der Waals surface area contributed by atoms with Crippen molar-refractivity contribution >= 4 is 17.8 Å². The molecule has 0 saturated heterocycles. The maximum absolute atomic E-state index is 11.7. The molecule has 1 heterocycles. The van der Waals surface area contributed by atoms with Crippen LogP contribution in [-0.4, -0.2) is 38.9 Å². The fraction of sp³-hybridized carbons (Fsp3) is 0.300. The van der Waals surface area contributed by atoms with Gasteiger partial charge in [0.1, 0.15) is 11.7 Å². The van der Waals surface area contributed by atoms with Gasteiger partial charge in [-0.1, -0.05) is 0 Å². The molecule has 0 aliphatic rings. The van der Waals surface area contributed by atoms with Gasteiger partial charge in [-0.25, -0.2) is 9.59 Å². The molecule has 1 atom stereocenters. The average molecular weight is 284 g/mol. The first kappa shape index (κ1) is 15.1. The number of aromatic amines is 2. The van der Waals surface area contributed by atoms with Crippen LogP contribution in [0, 0.1) is 0 Å². The van der Waals surface area contributed by atoms with Gasteiger partial charge in [-0.3, -0.25) is 19.4 Å². The molecule has 0 aliphatic heterocycles. The molecule has 0 saturated carbocycles. The monoisotopic (exact) mass is 284 g/mol. The zero-order valence-corrected chi connectivity index (χ0v) is 10.1. The molecule has 1 aromatic heterocycles. The largest absolute Gasteiger partial charge is 0.480 e. The summed E-state index contributed by atoms with van der Waals surface area (Å²) in [4.78, 5) is 59.1. The van der Waals surface area contributed by atoms with Crippen molar-refractivity contribution in [1.29, 1.82) is 0 Å². The van der Waals surface area contributed by atoms with Gasteiger partial charge in [-0.15, -0.1) is 0 Å². The first-order valence-electron chi connectivity index (χ1n) is 5.45. The van der Waals surface area contributed by atoms with E-state index in [1.54, 1.807) is 0 Å². The van der Waals surface area contributed by atoms with Crippen LogP contribution in [0.1, 0.15) is 23.3 Å². The highest BCUT2D eigenvalue weighted by molar-refractivity contribution is 5.94. The minimum atomic E-state index is -1.37. The van der Waals surface area contributed by atoms with Gasteiger partial charge in [-0.05, 0) is 6.42 Å². The Balaban J connectivity index is 2.85. The molecule has 1 unspecified atom stereocenters. The smallest absolute Gasteiger partial charge is 0.326 e.